The van der Waals surface area contributed by atoms with Gasteiger partial charge in [-0.05, 0) is 17.2 Å². The molecule has 0 aliphatic heterocycles. The molecule has 0 heterocycles. The third-order valence-electron chi connectivity index (χ3n) is 2.17. The van der Waals surface area contributed by atoms with Crippen LogP contribution >= 0.6 is 8.54 Å². The fourth-order valence-corrected chi connectivity index (χ4v) is 2.07. The number of halogens is 2. The number of hydrogen-bond donors (Lipinski definition) is 0. The SMILES string of the molecule is FP(F)c1ccccc1-c1ccccc1. The molecule has 3 heteroatoms. The summed E-state index contributed by atoms with van der Waals surface area (Å²) in [6, 6.07) is 15.9. The van der Waals surface area contributed by atoms with Crippen LogP contribution in [0, 0.1) is 0 Å². The van der Waals surface area contributed by atoms with Crippen LogP contribution in [0.1, 0.15) is 0 Å². The van der Waals surface area contributed by atoms with Crippen LogP contribution in [0.4, 0.5) is 8.39 Å². The van der Waals surface area contributed by atoms with Crippen molar-refractivity contribution >= 4 is 13.8 Å². The van der Waals surface area contributed by atoms with E-state index in [4.69, 9.17) is 0 Å². The summed E-state index contributed by atoms with van der Waals surface area (Å²) < 4.78 is 25.6. The van der Waals surface area contributed by atoms with Crippen LogP contribution in [0.15, 0.2) is 54.6 Å². The highest BCUT2D eigenvalue weighted by molar-refractivity contribution is 7.55. The molecule has 0 saturated carbocycles. The predicted molar refractivity (Wildman–Crippen MR) is 60.6 cm³/mol. The largest absolute Gasteiger partial charge is 0.298 e. The van der Waals surface area contributed by atoms with Gasteiger partial charge in [-0.25, -0.2) is 0 Å². The van der Waals surface area contributed by atoms with Gasteiger partial charge in [0, 0.05) is 5.30 Å². The Labute approximate surface area is 88.6 Å². The van der Waals surface area contributed by atoms with Gasteiger partial charge in [-0.3, -0.25) is 0 Å². The van der Waals surface area contributed by atoms with Crippen LogP contribution in [0.2, 0.25) is 0 Å². The monoisotopic (exact) mass is 222 g/mol. The van der Waals surface area contributed by atoms with E-state index in [1.807, 2.05) is 30.3 Å². The Morgan fingerprint density at radius 1 is 0.733 bits per heavy atom. The maximum atomic E-state index is 12.8. The topological polar surface area (TPSA) is 0 Å². The van der Waals surface area contributed by atoms with Crippen molar-refractivity contribution in [3.63, 3.8) is 0 Å². The van der Waals surface area contributed by atoms with Crippen molar-refractivity contribution < 1.29 is 8.39 Å². The molecule has 2 aromatic carbocycles. The summed E-state index contributed by atoms with van der Waals surface area (Å²) in [5.74, 6) is 0. The van der Waals surface area contributed by atoms with Gasteiger partial charge in [-0.1, -0.05) is 48.5 Å². The Bertz CT molecular complexity index is 440. The molecule has 0 unspecified atom stereocenters. The molecule has 0 atom stereocenters. The Kier molecular flexibility index (Phi) is 3.08. The standard InChI is InChI=1S/C12H9F2P/c13-15(14)12-9-5-4-8-11(12)10-6-2-1-3-7-10/h1-9H. The van der Waals surface area contributed by atoms with E-state index in [2.05, 4.69) is 0 Å². The first-order chi connectivity index (χ1) is 7.29. The van der Waals surface area contributed by atoms with Crippen molar-refractivity contribution in [1.29, 1.82) is 0 Å². The van der Waals surface area contributed by atoms with E-state index in [9.17, 15) is 8.39 Å². The number of rotatable bonds is 2. The normalized spacial score (nSPS) is 10.6. The molecule has 0 fully saturated rings. The highest BCUT2D eigenvalue weighted by Crippen LogP contribution is 2.40. The summed E-state index contributed by atoms with van der Waals surface area (Å²) in [6.45, 7) is 0. The average Bonchev–Trinajstić information content (AvgIpc) is 2.30. The fourth-order valence-electron chi connectivity index (χ4n) is 1.48. The minimum Gasteiger partial charge on any atom is -0.183 e. The molecule has 2 rings (SSSR count). The van der Waals surface area contributed by atoms with Gasteiger partial charge in [0.05, 0.1) is 0 Å². The van der Waals surface area contributed by atoms with Gasteiger partial charge < -0.3 is 0 Å². The Morgan fingerprint density at radius 3 is 2.00 bits per heavy atom. The van der Waals surface area contributed by atoms with Crippen LogP contribution < -0.4 is 5.30 Å². The lowest BCUT2D eigenvalue weighted by atomic mass is 10.1. The van der Waals surface area contributed by atoms with Crippen molar-refractivity contribution in [2.45, 2.75) is 0 Å². The Morgan fingerprint density at radius 2 is 1.33 bits per heavy atom. The Balaban J connectivity index is 2.53. The first-order valence-electron chi connectivity index (χ1n) is 4.55. The summed E-state index contributed by atoms with van der Waals surface area (Å²) in [5, 5.41) is 0.152. The molecule has 0 aliphatic carbocycles. The van der Waals surface area contributed by atoms with Gasteiger partial charge in [-0.2, -0.15) is 8.39 Å². The molecule has 0 amide bonds. The van der Waals surface area contributed by atoms with Crippen LogP contribution in [-0.2, 0) is 0 Å². The lowest BCUT2D eigenvalue weighted by molar-refractivity contribution is 0.764. The van der Waals surface area contributed by atoms with Crippen LogP contribution in [0.3, 0.4) is 0 Å². The molecule has 0 N–H and O–H groups in total. The maximum Gasteiger partial charge on any atom is 0.298 e. The summed E-state index contributed by atoms with van der Waals surface area (Å²) in [6.07, 6.45) is 0. The van der Waals surface area contributed by atoms with E-state index >= 15 is 0 Å². The lowest BCUT2D eigenvalue weighted by Crippen LogP contribution is -1.99. The molecule has 0 aromatic heterocycles. The molecule has 0 bridgehead atoms. The lowest BCUT2D eigenvalue weighted by Gasteiger charge is -2.07. The van der Waals surface area contributed by atoms with Crippen LogP contribution in [0.5, 0.6) is 0 Å². The zero-order valence-electron chi connectivity index (χ0n) is 7.90. The van der Waals surface area contributed by atoms with E-state index < -0.39 is 8.54 Å². The summed E-state index contributed by atoms with van der Waals surface area (Å²) >= 11 is 0. The minimum absolute atomic E-state index is 0.152. The smallest absolute Gasteiger partial charge is 0.183 e. The van der Waals surface area contributed by atoms with Crippen molar-refractivity contribution in [2.24, 2.45) is 0 Å². The molecular weight excluding hydrogens is 213 g/mol. The molecule has 2 aromatic rings. The Hall–Kier alpha value is -1.27. The van der Waals surface area contributed by atoms with Gasteiger partial charge in [-0.15, -0.1) is 0 Å². The van der Waals surface area contributed by atoms with Gasteiger partial charge in [0.1, 0.15) is 0 Å². The molecule has 76 valence electrons. The number of benzene rings is 2. The zero-order chi connectivity index (χ0) is 10.7. The third kappa shape index (κ3) is 2.21. The zero-order valence-corrected chi connectivity index (χ0v) is 8.79. The molecular formula is C12H9F2P. The third-order valence-corrected chi connectivity index (χ3v) is 2.93. The van der Waals surface area contributed by atoms with Crippen molar-refractivity contribution in [1.82, 2.24) is 0 Å². The second-order valence-corrected chi connectivity index (χ2v) is 4.06. The average molecular weight is 222 g/mol. The molecule has 0 radical (unpaired) electrons. The van der Waals surface area contributed by atoms with E-state index in [0.29, 0.717) is 5.56 Å². The molecule has 15 heavy (non-hydrogen) atoms. The fraction of sp³-hybridized carbons (Fsp3) is 0. The molecule has 0 spiro atoms. The van der Waals surface area contributed by atoms with Crippen LogP contribution in [-0.4, -0.2) is 0 Å². The second kappa shape index (κ2) is 4.50. The van der Waals surface area contributed by atoms with Crippen molar-refractivity contribution in [3.05, 3.63) is 54.6 Å². The van der Waals surface area contributed by atoms with Crippen LogP contribution in [0.25, 0.3) is 11.1 Å². The first kappa shape index (κ1) is 10.3. The second-order valence-electron chi connectivity index (χ2n) is 3.12. The highest BCUT2D eigenvalue weighted by Gasteiger charge is 2.14. The van der Waals surface area contributed by atoms with Gasteiger partial charge in [0.15, 0.2) is 0 Å². The highest BCUT2D eigenvalue weighted by atomic mass is 31.2. The summed E-state index contributed by atoms with van der Waals surface area (Å²) in [5.41, 5.74) is 1.48. The van der Waals surface area contributed by atoms with E-state index in [1.54, 1.807) is 18.2 Å². The van der Waals surface area contributed by atoms with Crippen molar-refractivity contribution in [2.75, 3.05) is 0 Å². The van der Waals surface area contributed by atoms with E-state index in [-0.39, 0.29) is 5.30 Å². The maximum absolute atomic E-state index is 12.8. The van der Waals surface area contributed by atoms with Gasteiger partial charge in [0.25, 0.3) is 8.54 Å². The van der Waals surface area contributed by atoms with Crippen molar-refractivity contribution in [3.8, 4) is 11.1 Å². The first-order valence-corrected chi connectivity index (χ1v) is 5.67. The van der Waals surface area contributed by atoms with Gasteiger partial charge in [0.2, 0.25) is 0 Å². The predicted octanol–water partition coefficient (Wildman–Crippen LogP) is 4.23. The summed E-state index contributed by atoms with van der Waals surface area (Å²) in [7, 11) is -3.04. The quantitative estimate of drug-likeness (QED) is 0.667. The van der Waals surface area contributed by atoms with E-state index in [0.717, 1.165) is 5.56 Å². The van der Waals surface area contributed by atoms with Gasteiger partial charge >= 0.3 is 0 Å². The molecule has 0 nitrogen and oxygen atoms in total. The molecule has 0 aliphatic rings. The summed E-state index contributed by atoms with van der Waals surface area (Å²) in [4.78, 5) is 0. The minimum atomic E-state index is -3.04. The molecule has 0 saturated heterocycles. The number of hydrogen-bond acceptors (Lipinski definition) is 0. The van der Waals surface area contributed by atoms with E-state index in [1.165, 1.54) is 6.07 Å².